The zero-order chi connectivity index (χ0) is 14.5. The van der Waals surface area contributed by atoms with Crippen LogP contribution in [0.1, 0.15) is 32.9 Å². The number of hydrogen-bond acceptors (Lipinski definition) is 5. The summed E-state index contributed by atoms with van der Waals surface area (Å²) in [6.45, 7) is 8.06. The lowest BCUT2D eigenvalue weighted by Crippen LogP contribution is -2.34. The highest BCUT2D eigenvalue weighted by Gasteiger charge is 2.31. The van der Waals surface area contributed by atoms with E-state index in [1.165, 1.54) is 0 Å². The number of rotatable bonds is 7. The number of ether oxygens (including phenoxy) is 1. The number of hydrogen-bond donors (Lipinski definition) is 2. The molecule has 0 aliphatic heterocycles. The second kappa shape index (κ2) is 6.36. The summed E-state index contributed by atoms with van der Waals surface area (Å²) >= 11 is 0. The molecule has 0 aliphatic rings. The van der Waals surface area contributed by atoms with Gasteiger partial charge in [-0.2, -0.15) is 4.98 Å². The maximum absolute atomic E-state index is 11.2. The molecule has 0 aromatic carbocycles. The number of nitrogens with zero attached hydrogens (tertiary/aromatic N) is 2. The van der Waals surface area contributed by atoms with E-state index in [0.29, 0.717) is 24.9 Å². The molecule has 0 amide bonds. The summed E-state index contributed by atoms with van der Waals surface area (Å²) in [4.78, 5) is 19.6. The molecule has 0 saturated heterocycles. The topological polar surface area (TPSA) is 84.3 Å². The average Bonchev–Trinajstić information content (AvgIpc) is 2.35. The molecule has 2 N–H and O–H groups in total. The maximum atomic E-state index is 11.2. The largest absolute Gasteiger partial charge is 0.481 e. The normalized spacial score (nSPS) is 13.7. The van der Waals surface area contributed by atoms with Crippen LogP contribution in [0, 0.1) is 12.3 Å². The summed E-state index contributed by atoms with van der Waals surface area (Å²) in [6.07, 6.45) is 0.527. The van der Waals surface area contributed by atoms with Gasteiger partial charge in [0.15, 0.2) is 0 Å². The van der Waals surface area contributed by atoms with E-state index in [1.807, 2.05) is 20.8 Å². The molecule has 1 heterocycles. The van der Waals surface area contributed by atoms with Gasteiger partial charge in [-0.3, -0.25) is 4.79 Å². The predicted molar refractivity (Wildman–Crippen MR) is 72.5 cm³/mol. The van der Waals surface area contributed by atoms with Gasteiger partial charge in [-0.05, 0) is 27.2 Å². The first-order chi connectivity index (χ1) is 8.91. The van der Waals surface area contributed by atoms with Crippen LogP contribution in [0.4, 0.5) is 5.95 Å². The first-order valence-corrected chi connectivity index (χ1v) is 6.37. The predicted octanol–water partition coefficient (Wildman–Crippen LogP) is 2.10. The average molecular weight is 267 g/mol. The second-order valence-electron chi connectivity index (χ2n) is 4.68. The van der Waals surface area contributed by atoms with Gasteiger partial charge in [-0.25, -0.2) is 4.98 Å². The van der Waals surface area contributed by atoms with E-state index in [9.17, 15) is 9.90 Å². The summed E-state index contributed by atoms with van der Waals surface area (Å²) in [5.41, 5.74) is -0.0618. The van der Waals surface area contributed by atoms with Crippen molar-refractivity contribution in [3.8, 4) is 5.88 Å². The number of nitrogens with one attached hydrogen (secondary N) is 1. The molecule has 1 aromatic rings. The lowest BCUT2D eigenvalue weighted by Gasteiger charge is -2.23. The van der Waals surface area contributed by atoms with Gasteiger partial charge < -0.3 is 15.2 Å². The number of aromatic nitrogens is 2. The van der Waals surface area contributed by atoms with Crippen molar-refractivity contribution in [3.05, 3.63) is 11.8 Å². The van der Waals surface area contributed by atoms with E-state index < -0.39 is 11.4 Å². The monoisotopic (exact) mass is 267 g/mol. The second-order valence-corrected chi connectivity index (χ2v) is 4.68. The van der Waals surface area contributed by atoms with Crippen LogP contribution < -0.4 is 10.1 Å². The SMILES string of the molecule is CCOc1cc(C)nc(NCC(C)(CC)C(=O)O)n1. The highest BCUT2D eigenvalue weighted by molar-refractivity contribution is 5.74. The van der Waals surface area contributed by atoms with Crippen LogP contribution in [0.2, 0.25) is 0 Å². The van der Waals surface area contributed by atoms with Crippen LogP contribution >= 0.6 is 0 Å². The Balaban J connectivity index is 2.79. The molecule has 0 radical (unpaired) electrons. The molecule has 106 valence electrons. The fraction of sp³-hybridized carbons (Fsp3) is 0.615. The molecular formula is C13H21N3O3. The Kier molecular flexibility index (Phi) is 5.09. The molecule has 6 nitrogen and oxygen atoms in total. The summed E-state index contributed by atoms with van der Waals surface area (Å²) in [5, 5.41) is 12.2. The van der Waals surface area contributed by atoms with E-state index in [1.54, 1.807) is 13.0 Å². The van der Waals surface area contributed by atoms with Crippen molar-refractivity contribution in [3.63, 3.8) is 0 Å². The standard InChI is InChI=1S/C13H21N3O3/c1-5-13(4,11(17)18)8-14-12-15-9(3)7-10(16-12)19-6-2/h7H,5-6,8H2,1-4H3,(H,17,18)(H,14,15,16). The minimum absolute atomic E-state index is 0.272. The van der Waals surface area contributed by atoms with Crippen molar-refractivity contribution in [2.24, 2.45) is 5.41 Å². The number of aryl methyl sites for hydroxylation is 1. The van der Waals surface area contributed by atoms with E-state index in [0.717, 1.165) is 5.69 Å². The molecule has 1 atom stereocenters. The summed E-state index contributed by atoms with van der Waals surface area (Å²) in [5.74, 6) is 0.0515. The molecule has 0 spiro atoms. The molecule has 0 aliphatic carbocycles. The van der Waals surface area contributed by atoms with Gasteiger partial charge in [0.25, 0.3) is 0 Å². The van der Waals surface area contributed by atoms with Gasteiger partial charge in [-0.15, -0.1) is 0 Å². The summed E-state index contributed by atoms with van der Waals surface area (Å²) in [7, 11) is 0. The number of anilines is 1. The Morgan fingerprint density at radius 1 is 1.47 bits per heavy atom. The summed E-state index contributed by atoms with van der Waals surface area (Å²) < 4.78 is 5.33. The van der Waals surface area contributed by atoms with Crippen molar-refractivity contribution < 1.29 is 14.6 Å². The molecule has 19 heavy (non-hydrogen) atoms. The van der Waals surface area contributed by atoms with Crippen molar-refractivity contribution in [2.45, 2.75) is 34.1 Å². The molecule has 0 bridgehead atoms. The van der Waals surface area contributed by atoms with Crippen LogP contribution in [0.15, 0.2) is 6.07 Å². The minimum Gasteiger partial charge on any atom is -0.481 e. The van der Waals surface area contributed by atoms with E-state index >= 15 is 0 Å². The van der Waals surface area contributed by atoms with Crippen molar-refractivity contribution in [1.29, 1.82) is 0 Å². The first kappa shape index (κ1) is 15.2. The maximum Gasteiger partial charge on any atom is 0.311 e. The number of aliphatic carboxylic acids is 1. The zero-order valence-corrected chi connectivity index (χ0v) is 11.9. The van der Waals surface area contributed by atoms with Gasteiger partial charge in [0, 0.05) is 18.3 Å². The first-order valence-electron chi connectivity index (χ1n) is 6.37. The number of carboxylic acids is 1. The highest BCUT2D eigenvalue weighted by atomic mass is 16.5. The van der Waals surface area contributed by atoms with E-state index in [-0.39, 0.29) is 6.54 Å². The van der Waals surface area contributed by atoms with Crippen LogP contribution in [0.5, 0.6) is 5.88 Å². The van der Waals surface area contributed by atoms with Gasteiger partial charge >= 0.3 is 5.97 Å². The van der Waals surface area contributed by atoms with Gasteiger partial charge in [0.05, 0.1) is 12.0 Å². The van der Waals surface area contributed by atoms with Crippen LogP contribution in [0.3, 0.4) is 0 Å². The van der Waals surface area contributed by atoms with Crippen molar-refractivity contribution >= 4 is 11.9 Å². The quantitative estimate of drug-likeness (QED) is 0.787. The third-order valence-electron chi connectivity index (χ3n) is 3.06. The third-order valence-corrected chi connectivity index (χ3v) is 3.06. The third kappa shape index (κ3) is 4.08. The van der Waals surface area contributed by atoms with E-state index in [4.69, 9.17) is 4.74 Å². The van der Waals surface area contributed by atoms with Gasteiger partial charge in [0.2, 0.25) is 11.8 Å². The van der Waals surface area contributed by atoms with E-state index in [2.05, 4.69) is 15.3 Å². The van der Waals surface area contributed by atoms with Crippen molar-refractivity contribution in [1.82, 2.24) is 9.97 Å². The van der Waals surface area contributed by atoms with Gasteiger partial charge in [0.1, 0.15) is 0 Å². The minimum atomic E-state index is -0.834. The number of carbonyl (C=O) groups is 1. The van der Waals surface area contributed by atoms with Gasteiger partial charge in [-0.1, -0.05) is 6.92 Å². The Labute approximate surface area is 113 Å². The molecule has 6 heteroatoms. The summed E-state index contributed by atoms with van der Waals surface area (Å²) in [6, 6.07) is 1.74. The Morgan fingerprint density at radius 3 is 2.68 bits per heavy atom. The molecule has 1 unspecified atom stereocenters. The molecule has 0 saturated carbocycles. The van der Waals surface area contributed by atoms with Crippen LogP contribution in [-0.4, -0.2) is 34.2 Å². The highest BCUT2D eigenvalue weighted by Crippen LogP contribution is 2.22. The molecule has 1 rings (SSSR count). The zero-order valence-electron chi connectivity index (χ0n) is 11.9. The Morgan fingerprint density at radius 2 is 2.16 bits per heavy atom. The Bertz CT molecular complexity index is 451. The molecule has 0 fully saturated rings. The lowest BCUT2D eigenvalue weighted by molar-refractivity contribution is -0.147. The smallest absolute Gasteiger partial charge is 0.311 e. The number of carboxylic acid groups (broad SMARTS) is 1. The Hall–Kier alpha value is -1.85. The van der Waals surface area contributed by atoms with Crippen LogP contribution in [-0.2, 0) is 4.79 Å². The van der Waals surface area contributed by atoms with Crippen LogP contribution in [0.25, 0.3) is 0 Å². The molecular weight excluding hydrogens is 246 g/mol. The molecule has 1 aromatic heterocycles. The lowest BCUT2D eigenvalue weighted by atomic mass is 9.88. The fourth-order valence-electron chi connectivity index (χ4n) is 1.47. The fourth-order valence-corrected chi connectivity index (χ4v) is 1.47. The van der Waals surface area contributed by atoms with Crippen molar-refractivity contribution in [2.75, 3.05) is 18.5 Å².